The van der Waals surface area contributed by atoms with Crippen LogP contribution < -0.4 is 16.8 Å². The van der Waals surface area contributed by atoms with E-state index in [0.717, 1.165) is 12.1 Å². The Labute approximate surface area is 116 Å². The van der Waals surface area contributed by atoms with Crippen molar-refractivity contribution >= 4 is 28.6 Å². The fraction of sp³-hybridized carbons (Fsp3) is 0.214. The largest absolute Gasteiger partial charge is 0.397 e. The number of nitrogens with two attached hydrogens (primary N) is 2. The lowest BCUT2D eigenvalue weighted by Crippen LogP contribution is -2.13. The molecule has 1 heterocycles. The summed E-state index contributed by atoms with van der Waals surface area (Å²) in [6, 6.07) is 9.44. The Bertz CT molecular complexity index is 566. The van der Waals surface area contributed by atoms with Gasteiger partial charge in [-0.05, 0) is 36.1 Å². The minimum atomic E-state index is -0.469. The Morgan fingerprint density at radius 3 is 2.74 bits per heavy atom. The molecule has 100 valence electrons. The van der Waals surface area contributed by atoms with Crippen molar-refractivity contribution in [1.29, 1.82) is 0 Å². The van der Waals surface area contributed by atoms with Crippen LogP contribution in [0.25, 0.3) is 0 Å². The highest BCUT2D eigenvalue weighted by molar-refractivity contribution is 7.10. The predicted octanol–water partition coefficient (Wildman–Crippen LogP) is 2.99. The van der Waals surface area contributed by atoms with Crippen LogP contribution in [-0.2, 0) is 0 Å². The topological polar surface area (TPSA) is 81.1 Å². The number of anilines is 2. The molecule has 2 rings (SSSR count). The summed E-state index contributed by atoms with van der Waals surface area (Å²) < 4.78 is 0. The molecular weight excluding hydrogens is 258 g/mol. The van der Waals surface area contributed by atoms with Gasteiger partial charge in [-0.2, -0.15) is 0 Å². The molecule has 0 radical (unpaired) electrons. The molecule has 0 spiro atoms. The van der Waals surface area contributed by atoms with E-state index in [2.05, 4.69) is 23.7 Å². The number of nitrogen functional groups attached to an aromatic ring is 1. The number of carbonyl (C=O) groups is 1. The normalized spacial score (nSPS) is 12.1. The Morgan fingerprint density at radius 2 is 2.21 bits per heavy atom. The summed E-state index contributed by atoms with van der Waals surface area (Å²) in [6.07, 6.45) is 0.956. The van der Waals surface area contributed by atoms with Crippen molar-refractivity contribution in [3.8, 4) is 0 Å². The second kappa shape index (κ2) is 5.75. The molecule has 19 heavy (non-hydrogen) atoms. The van der Waals surface area contributed by atoms with E-state index in [1.54, 1.807) is 29.5 Å². The first-order valence-electron chi connectivity index (χ1n) is 6.11. The van der Waals surface area contributed by atoms with Crippen molar-refractivity contribution in [2.45, 2.75) is 19.4 Å². The number of hydrogen-bond donors (Lipinski definition) is 3. The van der Waals surface area contributed by atoms with Gasteiger partial charge in [-0.25, -0.2) is 0 Å². The minimum Gasteiger partial charge on any atom is -0.397 e. The predicted molar refractivity (Wildman–Crippen MR) is 80.3 cm³/mol. The number of carbonyl (C=O) groups excluding carboxylic acids is 1. The van der Waals surface area contributed by atoms with Crippen molar-refractivity contribution < 1.29 is 4.79 Å². The highest BCUT2D eigenvalue weighted by atomic mass is 32.1. The number of hydrogen-bond acceptors (Lipinski definition) is 4. The van der Waals surface area contributed by atoms with Crippen LogP contribution in [0.1, 0.15) is 34.6 Å². The lowest BCUT2D eigenvalue weighted by atomic mass is 10.1. The van der Waals surface area contributed by atoms with Crippen LogP contribution in [-0.4, -0.2) is 5.91 Å². The second-order valence-electron chi connectivity index (χ2n) is 4.29. The smallest absolute Gasteiger partial charge is 0.248 e. The van der Waals surface area contributed by atoms with Gasteiger partial charge >= 0.3 is 0 Å². The van der Waals surface area contributed by atoms with E-state index in [4.69, 9.17) is 11.5 Å². The molecule has 1 unspecified atom stereocenters. The van der Waals surface area contributed by atoms with Crippen molar-refractivity contribution in [2.75, 3.05) is 11.1 Å². The third kappa shape index (κ3) is 3.06. The average Bonchev–Trinajstić information content (AvgIpc) is 2.91. The number of amides is 1. The Kier molecular flexibility index (Phi) is 4.06. The van der Waals surface area contributed by atoms with Crippen molar-refractivity contribution in [2.24, 2.45) is 5.73 Å². The van der Waals surface area contributed by atoms with Crippen LogP contribution in [0.3, 0.4) is 0 Å². The highest BCUT2D eigenvalue weighted by Crippen LogP contribution is 2.29. The first kappa shape index (κ1) is 13.4. The van der Waals surface area contributed by atoms with Crippen molar-refractivity contribution in [1.82, 2.24) is 0 Å². The maximum absolute atomic E-state index is 11.1. The minimum absolute atomic E-state index is 0.224. The Morgan fingerprint density at radius 1 is 1.42 bits per heavy atom. The van der Waals surface area contributed by atoms with E-state index < -0.39 is 5.91 Å². The molecule has 0 aliphatic carbocycles. The molecule has 0 aliphatic rings. The molecule has 5 heteroatoms. The number of rotatable bonds is 5. The molecule has 0 fully saturated rings. The SMILES string of the molecule is CCC(Nc1ccc(C(N)=O)cc1N)c1cccs1. The molecule has 4 nitrogen and oxygen atoms in total. The molecule has 0 bridgehead atoms. The molecule has 5 N–H and O–H groups in total. The summed E-state index contributed by atoms with van der Waals surface area (Å²) in [5, 5.41) is 5.45. The third-order valence-corrected chi connectivity index (χ3v) is 3.95. The summed E-state index contributed by atoms with van der Waals surface area (Å²) in [6.45, 7) is 2.12. The lowest BCUT2D eigenvalue weighted by Gasteiger charge is -2.18. The summed E-state index contributed by atoms with van der Waals surface area (Å²) in [4.78, 5) is 12.3. The van der Waals surface area contributed by atoms with Gasteiger partial charge in [-0.15, -0.1) is 11.3 Å². The van der Waals surface area contributed by atoms with Gasteiger partial charge in [0.25, 0.3) is 0 Å². The van der Waals surface area contributed by atoms with Gasteiger partial charge in [-0.1, -0.05) is 13.0 Å². The quantitative estimate of drug-likeness (QED) is 0.734. The Balaban J connectivity index is 2.21. The second-order valence-corrected chi connectivity index (χ2v) is 5.27. The zero-order valence-electron chi connectivity index (χ0n) is 10.7. The molecule has 2 aromatic rings. The van der Waals surface area contributed by atoms with Crippen LogP contribution >= 0.6 is 11.3 Å². The van der Waals surface area contributed by atoms with E-state index in [9.17, 15) is 4.79 Å². The van der Waals surface area contributed by atoms with Crippen LogP contribution in [0.2, 0.25) is 0 Å². The number of nitrogens with one attached hydrogen (secondary N) is 1. The molecule has 1 amide bonds. The fourth-order valence-electron chi connectivity index (χ4n) is 1.90. The summed E-state index contributed by atoms with van der Waals surface area (Å²) >= 11 is 1.71. The number of thiophene rings is 1. The Hall–Kier alpha value is -2.01. The van der Waals surface area contributed by atoms with Gasteiger partial charge in [-0.3, -0.25) is 4.79 Å². The van der Waals surface area contributed by atoms with Gasteiger partial charge in [0.2, 0.25) is 5.91 Å². The zero-order chi connectivity index (χ0) is 13.8. The molecule has 1 aromatic heterocycles. The van der Waals surface area contributed by atoms with E-state index in [1.807, 2.05) is 6.07 Å². The van der Waals surface area contributed by atoms with Crippen LogP contribution in [0.15, 0.2) is 35.7 Å². The van der Waals surface area contributed by atoms with Gasteiger partial charge in [0.15, 0.2) is 0 Å². The maximum Gasteiger partial charge on any atom is 0.248 e. The van der Waals surface area contributed by atoms with Crippen LogP contribution in [0, 0.1) is 0 Å². The molecule has 1 atom stereocenters. The monoisotopic (exact) mass is 275 g/mol. The van der Waals surface area contributed by atoms with E-state index in [-0.39, 0.29) is 6.04 Å². The molecule has 0 saturated heterocycles. The average molecular weight is 275 g/mol. The van der Waals surface area contributed by atoms with E-state index in [1.165, 1.54) is 4.88 Å². The van der Waals surface area contributed by atoms with E-state index in [0.29, 0.717) is 11.3 Å². The molecule has 1 aromatic carbocycles. The summed E-state index contributed by atoms with van der Waals surface area (Å²) in [7, 11) is 0. The lowest BCUT2D eigenvalue weighted by molar-refractivity contribution is 0.100. The number of benzene rings is 1. The van der Waals surface area contributed by atoms with Crippen molar-refractivity contribution in [3.05, 3.63) is 46.2 Å². The third-order valence-electron chi connectivity index (χ3n) is 2.96. The highest BCUT2D eigenvalue weighted by Gasteiger charge is 2.12. The zero-order valence-corrected chi connectivity index (χ0v) is 11.5. The summed E-state index contributed by atoms with van der Waals surface area (Å²) in [5.41, 5.74) is 13.0. The first-order chi connectivity index (χ1) is 9.11. The maximum atomic E-state index is 11.1. The fourth-order valence-corrected chi connectivity index (χ4v) is 2.76. The molecule has 0 saturated carbocycles. The molecule has 0 aliphatic heterocycles. The van der Waals surface area contributed by atoms with Gasteiger partial charge in [0, 0.05) is 10.4 Å². The van der Waals surface area contributed by atoms with E-state index >= 15 is 0 Å². The van der Waals surface area contributed by atoms with Gasteiger partial charge < -0.3 is 16.8 Å². The van der Waals surface area contributed by atoms with Gasteiger partial charge in [0.05, 0.1) is 17.4 Å². The first-order valence-corrected chi connectivity index (χ1v) is 6.99. The van der Waals surface area contributed by atoms with Crippen LogP contribution in [0.5, 0.6) is 0 Å². The standard InChI is InChI=1S/C14H17N3OS/c1-2-11(13-4-3-7-19-13)17-12-6-5-9(14(16)18)8-10(12)15/h3-8,11,17H,2,15H2,1H3,(H2,16,18). The summed E-state index contributed by atoms with van der Waals surface area (Å²) in [5.74, 6) is -0.469. The van der Waals surface area contributed by atoms with Gasteiger partial charge in [0.1, 0.15) is 0 Å². The number of primary amides is 1. The van der Waals surface area contributed by atoms with Crippen LogP contribution in [0.4, 0.5) is 11.4 Å². The molecular formula is C14H17N3OS. The van der Waals surface area contributed by atoms with Crippen molar-refractivity contribution in [3.63, 3.8) is 0 Å².